The van der Waals surface area contributed by atoms with Gasteiger partial charge in [-0.25, -0.2) is 0 Å². The fourth-order valence-corrected chi connectivity index (χ4v) is 4.60. The highest BCUT2D eigenvalue weighted by atomic mass is 16.4. The molecule has 0 bridgehead atoms. The number of rotatable bonds is 4. The van der Waals surface area contributed by atoms with Crippen molar-refractivity contribution < 1.29 is 9.90 Å². The van der Waals surface area contributed by atoms with Gasteiger partial charge in [-0.2, -0.15) is 0 Å². The van der Waals surface area contributed by atoms with Crippen LogP contribution in [0.5, 0.6) is 0 Å². The second kappa shape index (κ2) is 7.76. The van der Waals surface area contributed by atoms with Gasteiger partial charge in [0.15, 0.2) is 0 Å². The van der Waals surface area contributed by atoms with Crippen LogP contribution in [0.4, 0.5) is 0 Å². The molecule has 0 radical (unpaired) electrons. The summed E-state index contributed by atoms with van der Waals surface area (Å²) in [6, 6.07) is 20.8. The molecule has 1 aliphatic heterocycles. The van der Waals surface area contributed by atoms with E-state index in [-0.39, 0.29) is 6.04 Å². The molecule has 4 rings (SSSR count). The van der Waals surface area contributed by atoms with E-state index in [0.717, 1.165) is 19.4 Å². The number of piperidine rings is 1. The van der Waals surface area contributed by atoms with Crippen molar-refractivity contribution in [1.29, 1.82) is 0 Å². The summed E-state index contributed by atoms with van der Waals surface area (Å²) in [7, 11) is 0. The summed E-state index contributed by atoms with van der Waals surface area (Å²) in [6.45, 7) is 5.04. The van der Waals surface area contributed by atoms with Crippen molar-refractivity contribution in [3.8, 4) is 0 Å². The van der Waals surface area contributed by atoms with E-state index in [1.165, 1.54) is 33.0 Å². The maximum absolute atomic E-state index is 12.1. The monoisotopic (exact) mass is 373 g/mol. The average molecular weight is 373 g/mol. The normalized spacial score (nSPS) is 18.9. The van der Waals surface area contributed by atoms with Gasteiger partial charge in [0.25, 0.3) is 0 Å². The fraction of sp³-hybridized carbons (Fsp3) is 0.320. The van der Waals surface area contributed by atoms with Crippen molar-refractivity contribution in [2.24, 2.45) is 0 Å². The Labute approximate surface area is 166 Å². The highest BCUT2D eigenvalue weighted by Gasteiger charge is 2.36. The number of benzene rings is 3. The van der Waals surface area contributed by atoms with E-state index in [0.29, 0.717) is 6.42 Å². The van der Waals surface area contributed by atoms with Gasteiger partial charge in [0, 0.05) is 0 Å². The van der Waals surface area contributed by atoms with Crippen LogP contribution in [0.2, 0.25) is 0 Å². The van der Waals surface area contributed by atoms with E-state index >= 15 is 0 Å². The number of hydrogen-bond acceptors (Lipinski definition) is 2. The molecular formula is C25H27NO2. The van der Waals surface area contributed by atoms with Gasteiger partial charge in [0.05, 0.1) is 6.04 Å². The van der Waals surface area contributed by atoms with Gasteiger partial charge in [-0.15, -0.1) is 0 Å². The maximum atomic E-state index is 12.1. The molecule has 1 aliphatic rings. The standard InChI is InChI=1S/C25H27NO2/c1-17-13-14-18(2)22(16-17)24(26-15-6-5-12-23(26)25(27)28)21-11-7-9-19-8-3-4-10-20(19)21/h3-4,7-11,13-14,16,23-24H,5-6,12,15H2,1-2H3,(H,27,28). The van der Waals surface area contributed by atoms with Crippen molar-refractivity contribution in [3.63, 3.8) is 0 Å². The summed E-state index contributed by atoms with van der Waals surface area (Å²) >= 11 is 0. The van der Waals surface area contributed by atoms with Gasteiger partial charge in [-0.1, -0.05) is 72.6 Å². The third-order valence-corrected chi connectivity index (χ3v) is 6.01. The van der Waals surface area contributed by atoms with Gasteiger partial charge in [0.1, 0.15) is 6.04 Å². The van der Waals surface area contributed by atoms with Crippen LogP contribution in [0.25, 0.3) is 10.8 Å². The third kappa shape index (κ3) is 3.43. The molecule has 0 aliphatic carbocycles. The van der Waals surface area contributed by atoms with Crippen LogP contribution in [0, 0.1) is 13.8 Å². The Kier molecular flexibility index (Phi) is 5.19. The zero-order chi connectivity index (χ0) is 19.7. The van der Waals surface area contributed by atoms with Gasteiger partial charge in [0.2, 0.25) is 0 Å². The lowest BCUT2D eigenvalue weighted by Gasteiger charge is -2.40. The maximum Gasteiger partial charge on any atom is 0.320 e. The SMILES string of the molecule is Cc1ccc(C)c(C(c2cccc3ccccc23)N2CCCCC2C(=O)O)c1. The molecule has 3 nitrogen and oxygen atoms in total. The molecule has 0 spiro atoms. The number of carboxylic acid groups (broad SMARTS) is 1. The van der Waals surface area contributed by atoms with Gasteiger partial charge >= 0.3 is 5.97 Å². The zero-order valence-corrected chi connectivity index (χ0v) is 16.6. The number of aliphatic carboxylic acids is 1. The molecule has 28 heavy (non-hydrogen) atoms. The van der Waals surface area contributed by atoms with Crippen LogP contribution in [-0.4, -0.2) is 28.6 Å². The first-order chi connectivity index (χ1) is 13.6. The second-order valence-electron chi connectivity index (χ2n) is 7.92. The van der Waals surface area contributed by atoms with E-state index in [9.17, 15) is 9.90 Å². The predicted molar refractivity (Wildman–Crippen MR) is 114 cm³/mol. The van der Waals surface area contributed by atoms with Crippen molar-refractivity contribution in [3.05, 3.63) is 82.9 Å². The van der Waals surface area contributed by atoms with Crippen LogP contribution in [0.1, 0.15) is 47.6 Å². The molecule has 3 heteroatoms. The Morgan fingerprint density at radius 2 is 1.79 bits per heavy atom. The summed E-state index contributed by atoms with van der Waals surface area (Å²) in [5.74, 6) is -0.713. The molecule has 1 fully saturated rings. The lowest BCUT2D eigenvalue weighted by molar-refractivity contribution is -0.145. The highest BCUT2D eigenvalue weighted by molar-refractivity contribution is 5.86. The minimum Gasteiger partial charge on any atom is -0.480 e. The second-order valence-corrected chi connectivity index (χ2v) is 7.92. The minimum absolute atomic E-state index is 0.0626. The van der Waals surface area contributed by atoms with Crippen LogP contribution in [-0.2, 0) is 4.79 Å². The molecule has 0 saturated carbocycles. The first-order valence-electron chi connectivity index (χ1n) is 10.1. The number of carboxylic acids is 1. The summed E-state index contributed by atoms with van der Waals surface area (Å²) in [5.41, 5.74) is 4.82. The van der Waals surface area contributed by atoms with E-state index in [1.54, 1.807) is 0 Å². The van der Waals surface area contributed by atoms with Crippen molar-refractivity contribution in [1.82, 2.24) is 4.90 Å². The summed E-state index contributed by atoms with van der Waals surface area (Å²) < 4.78 is 0. The molecule has 3 aromatic rings. The largest absolute Gasteiger partial charge is 0.480 e. The number of hydrogen-bond donors (Lipinski definition) is 1. The quantitative estimate of drug-likeness (QED) is 0.658. The fourth-order valence-electron chi connectivity index (χ4n) is 4.60. The Morgan fingerprint density at radius 1 is 1.00 bits per heavy atom. The zero-order valence-electron chi connectivity index (χ0n) is 16.6. The molecule has 144 valence electrons. The molecular weight excluding hydrogens is 346 g/mol. The highest BCUT2D eigenvalue weighted by Crippen LogP contribution is 2.39. The van der Waals surface area contributed by atoms with Crippen LogP contribution in [0.3, 0.4) is 0 Å². The Hall–Kier alpha value is -2.65. The lowest BCUT2D eigenvalue weighted by Crippen LogP contribution is -2.47. The molecule has 2 unspecified atom stereocenters. The molecule has 1 saturated heterocycles. The molecule has 1 N–H and O–H groups in total. The van der Waals surface area contributed by atoms with Gasteiger partial charge in [-0.05, 0) is 60.7 Å². The topological polar surface area (TPSA) is 40.5 Å². The summed E-state index contributed by atoms with van der Waals surface area (Å²) in [5, 5.41) is 12.3. The van der Waals surface area contributed by atoms with E-state index in [2.05, 4.69) is 79.4 Å². The molecule has 0 aromatic heterocycles. The Balaban J connectivity index is 1.96. The summed E-state index contributed by atoms with van der Waals surface area (Å²) in [4.78, 5) is 14.3. The van der Waals surface area contributed by atoms with Crippen molar-refractivity contribution in [2.45, 2.75) is 45.2 Å². The first-order valence-corrected chi connectivity index (χ1v) is 10.1. The van der Waals surface area contributed by atoms with Crippen LogP contribution in [0.15, 0.2) is 60.7 Å². The minimum atomic E-state index is -0.713. The Bertz CT molecular complexity index is 1010. The predicted octanol–water partition coefficient (Wildman–Crippen LogP) is 5.49. The lowest BCUT2D eigenvalue weighted by atomic mass is 9.86. The average Bonchev–Trinajstić information content (AvgIpc) is 2.71. The van der Waals surface area contributed by atoms with Crippen molar-refractivity contribution >= 4 is 16.7 Å². The number of likely N-dealkylation sites (tertiary alicyclic amines) is 1. The molecule has 3 aromatic carbocycles. The smallest absolute Gasteiger partial charge is 0.320 e. The third-order valence-electron chi connectivity index (χ3n) is 6.01. The Morgan fingerprint density at radius 3 is 2.61 bits per heavy atom. The summed E-state index contributed by atoms with van der Waals surface area (Å²) in [6.07, 6.45) is 2.72. The number of carbonyl (C=O) groups is 1. The van der Waals surface area contributed by atoms with Crippen molar-refractivity contribution in [2.75, 3.05) is 6.54 Å². The van der Waals surface area contributed by atoms with E-state index < -0.39 is 12.0 Å². The number of aryl methyl sites for hydroxylation is 2. The number of nitrogens with zero attached hydrogens (tertiary/aromatic N) is 1. The molecule has 1 heterocycles. The van der Waals surface area contributed by atoms with Crippen LogP contribution < -0.4 is 0 Å². The van der Waals surface area contributed by atoms with E-state index in [4.69, 9.17) is 0 Å². The van der Waals surface area contributed by atoms with Gasteiger partial charge < -0.3 is 5.11 Å². The number of fused-ring (bicyclic) bond motifs is 1. The molecule has 2 atom stereocenters. The van der Waals surface area contributed by atoms with E-state index in [1.807, 2.05) is 0 Å². The van der Waals surface area contributed by atoms with Gasteiger partial charge in [-0.3, -0.25) is 9.69 Å². The first kappa shape index (κ1) is 18.7. The van der Waals surface area contributed by atoms with Crippen LogP contribution >= 0.6 is 0 Å². The molecule has 0 amide bonds.